The topological polar surface area (TPSA) is 89.2 Å². The van der Waals surface area contributed by atoms with E-state index in [4.69, 9.17) is 10.5 Å². The van der Waals surface area contributed by atoms with Gasteiger partial charge in [-0.2, -0.15) is 13.2 Å². The Kier molecular flexibility index (Phi) is 4.67. The molecule has 2 aromatic heterocycles. The zero-order valence-electron chi connectivity index (χ0n) is 18.7. The van der Waals surface area contributed by atoms with Crippen LogP contribution in [0.1, 0.15) is 30.9 Å². The summed E-state index contributed by atoms with van der Waals surface area (Å²) in [7, 11) is 0. The standard InChI is InChI=1S/C23H21F5N6O/c1-8-15(23(26,27)28)11(5-12(29)16(8)24)18-17(25)19-14-21(31-7-30-19)34-6-10-3-4-13(32-10)20(34)9(2)35-22(14)33-18/h5,7,9-10,13,20,32H,3-4,6,29H2,1-2H3/t9-,10+,13-,20+/m0/s1. The van der Waals surface area contributed by atoms with Crippen LogP contribution in [0.15, 0.2) is 12.4 Å². The van der Waals surface area contributed by atoms with E-state index in [-0.39, 0.29) is 34.9 Å². The Hall–Kier alpha value is -3.28. The van der Waals surface area contributed by atoms with Gasteiger partial charge in [0.15, 0.2) is 5.82 Å². The van der Waals surface area contributed by atoms with Crippen LogP contribution in [0.4, 0.5) is 33.5 Å². The Bertz CT molecular complexity index is 1380. The molecule has 2 saturated heterocycles. The number of rotatable bonds is 1. The van der Waals surface area contributed by atoms with Crippen LogP contribution in [0.5, 0.6) is 5.88 Å². The molecule has 0 aliphatic carbocycles. The minimum absolute atomic E-state index is 0.0709. The van der Waals surface area contributed by atoms with Crippen molar-refractivity contribution in [2.45, 2.75) is 57.1 Å². The minimum Gasteiger partial charge on any atom is -0.472 e. The SMILES string of the molecule is Cc1c(F)c(N)cc(-c2nc3c4c(ncnc4c2F)N2C[C@H]4CC[C@H](N4)[C@H]2[C@H](C)O3)c1C(F)(F)F. The third kappa shape index (κ3) is 3.15. The highest BCUT2D eigenvalue weighted by molar-refractivity contribution is 5.97. The summed E-state index contributed by atoms with van der Waals surface area (Å²) in [6.45, 7) is 3.41. The van der Waals surface area contributed by atoms with E-state index in [1.165, 1.54) is 6.33 Å². The highest BCUT2D eigenvalue weighted by Crippen LogP contribution is 2.46. The fraction of sp³-hybridized carbons (Fsp3) is 0.435. The van der Waals surface area contributed by atoms with Crippen LogP contribution in [0.25, 0.3) is 22.2 Å². The zero-order chi connectivity index (χ0) is 24.8. The van der Waals surface area contributed by atoms with E-state index in [9.17, 15) is 17.6 Å². The van der Waals surface area contributed by atoms with Crippen LogP contribution in [0, 0.1) is 18.6 Å². The summed E-state index contributed by atoms with van der Waals surface area (Å²) >= 11 is 0. The van der Waals surface area contributed by atoms with Crippen LogP contribution in [-0.2, 0) is 6.18 Å². The Balaban J connectivity index is 1.63. The predicted molar refractivity (Wildman–Crippen MR) is 118 cm³/mol. The maximum atomic E-state index is 15.9. The summed E-state index contributed by atoms with van der Waals surface area (Å²) < 4.78 is 78.4. The second kappa shape index (κ2) is 7.36. The number of piperazine rings is 1. The molecular weight excluding hydrogens is 471 g/mol. The van der Waals surface area contributed by atoms with E-state index in [2.05, 4.69) is 25.2 Å². The van der Waals surface area contributed by atoms with Crippen molar-refractivity contribution in [3.8, 4) is 17.1 Å². The molecule has 1 aromatic carbocycles. The fourth-order valence-corrected chi connectivity index (χ4v) is 5.81. The molecular formula is C23H21F5N6O. The number of nitrogens with two attached hydrogens (primary N) is 1. The van der Waals surface area contributed by atoms with Crippen molar-refractivity contribution in [1.82, 2.24) is 20.3 Å². The molecule has 0 unspecified atom stereocenters. The number of nitrogen functional groups attached to an aromatic ring is 1. The number of nitrogens with zero attached hydrogens (tertiary/aromatic N) is 4. The van der Waals surface area contributed by atoms with Gasteiger partial charge in [0.25, 0.3) is 0 Å². The Morgan fingerprint density at radius 3 is 2.69 bits per heavy atom. The van der Waals surface area contributed by atoms with Crippen molar-refractivity contribution in [2.75, 3.05) is 17.2 Å². The van der Waals surface area contributed by atoms with E-state index < -0.39 is 52.0 Å². The monoisotopic (exact) mass is 492 g/mol. The van der Waals surface area contributed by atoms with Gasteiger partial charge in [-0.05, 0) is 38.3 Å². The number of hydrogen-bond acceptors (Lipinski definition) is 7. The normalized spacial score (nSPS) is 25.4. The molecule has 3 aliphatic heterocycles. The quantitative estimate of drug-likeness (QED) is 0.393. The van der Waals surface area contributed by atoms with E-state index in [0.29, 0.717) is 12.4 Å². The average molecular weight is 492 g/mol. The second-order valence-electron chi connectivity index (χ2n) is 9.34. The number of halogens is 5. The highest BCUT2D eigenvalue weighted by atomic mass is 19.4. The maximum Gasteiger partial charge on any atom is 0.417 e. The zero-order valence-corrected chi connectivity index (χ0v) is 18.7. The lowest BCUT2D eigenvalue weighted by molar-refractivity contribution is -0.137. The van der Waals surface area contributed by atoms with Crippen molar-refractivity contribution in [1.29, 1.82) is 0 Å². The largest absolute Gasteiger partial charge is 0.472 e. The number of benzene rings is 1. The van der Waals surface area contributed by atoms with Crippen molar-refractivity contribution in [2.24, 2.45) is 0 Å². The summed E-state index contributed by atoms with van der Waals surface area (Å²) in [6, 6.07) is 0.973. The maximum absolute atomic E-state index is 15.9. The third-order valence-corrected chi connectivity index (χ3v) is 7.25. The number of nitrogens with one attached hydrogen (secondary N) is 1. The van der Waals surface area contributed by atoms with Gasteiger partial charge in [0.2, 0.25) is 5.88 Å². The molecule has 6 rings (SSSR count). The molecule has 3 aliphatic rings. The van der Waals surface area contributed by atoms with Gasteiger partial charge in [-0.1, -0.05) is 0 Å². The molecule has 3 N–H and O–H groups in total. The van der Waals surface area contributed by atoms with Crippen LogP contribution in [0.3, 0.4) is 0 Å². The molecule has 2 bridgehead atoms. The third-order valence-electron chi connectivity index (χ3n) is 7.25. The first-order valence-electron chi connectivity index (χ1n) is 11.3. The smallest absolute Gasteiger partial charge is 0.417 e. The Morgan fingerprint density at radius 1 is 1.17 bits per heavy atom. The number of anilines is 2. The van der Waals surface area contributed by atoms with Gasteiger partial charge in [0.1, 0.15) is 40.7 Å². The lowest BCUT2D eigenvalue weighted by atomic mass is 9.96. The van der Waals surface area contributed by atoms with E-state index in [1.54, 1.807) is 0 Å². The summed E-state index contributed by atoms with van der Waals surface area (Å²) in [5, 5.41) is 3.76. The van der Waals surface area contributed by atoms with Crippen LogP contribution >= 0.6 is 0 Å². The van der Waals surface area contributed by atoms with Crippen molar-refractivity contribution in [3.05, 3.63) is 35.2 Å². The van der Waals surface area contributed by atoms with Gasteiger partial charge in [0.05, 0.1) is 17.3 Å². The molecule has 184 valence electrons. The summed E-state index contributed by atoms with van der Waals surface area (Å²) in [5.74, 6) is -1.94. The second-order valence-corrected chi connectivity index (χ2v) is 9.34. The highest BCUT2D eigenvalue weighted by Gasteiger charge is 2.47. The van der Waals surface area contributed by atoms with Crippen molar-refractivity contribution >= 4 is 22.4 Å². The lowest BCUT2D eigenvalue weighted by Gasteiger charge is -2.42. The molecule has 0 radical (unpaired) electrons. The van der Waals surface area contributed by atoms with Crippen molar-refractivity contribution in [3.63, 3.8) is 0 Å². The van der Waals surface area contributed by atoms with Crippen LogP contribution < -0.4 is 20.7 Å². The van der Waals surface area contributed by atoms with Crippen molar-refractivity contribution < 1.29 is 26.7 Å². The van der Waals surface area contributed by atoms with E-state index >= 15 is 4.39 Å². The van der Waals surface area contributed by atoms with E-state index in [0.717, 1.165) is 25.8 Å². The molecule has 0 spiro atoms. The molecule has 3 aromatic rings. The molecule has 7 nitrogen and oxygen atoms in total. The molecule has 2 fully saturated rings. The molecule has 0 amide bonds. The summed E-state index contributed by atoms with van der Waals surface area (Å²) in [6.07, 6.45) is -2.32. The van der Waals surface area contributed by atoms with Crippen LogP contribution in [0.2, 0.25) is 0 Å². The first-order chi connectivity index (χ1) is 16.6. The number of alkyl halides is 3. The van der Waals surface area contributed by atoms with Gasteiger partial charge < -0.3 is 20.7 Å². The first-order valence-corrected chi connectivity index (χ1v) is 11.3. The average Bonchev–Trinajstić information content (AvgIpc) is 3.12. The van der Waals surface area contributed by atoms with Gasteiger partial charge >= 0.3 is 6.18 Å². The van der Waals surface area contributed by atoms with Gasteiger partial charge in [-0.15, -0.1) is 0 Å². The lowest BCUT2D eigenvalue weighted by Crippen LogP contribution is -2.62. The molecule has 35 heavy (non-hydrogen) atoms. The Labute approximate surface area is 196 Å². The number of ether oxygens (including phenoxy) is 1. The molecule has 5 heterocycles. The number of fused-ring (bicyclic) bond motifs is 5. The van der Waals surface area contributed by atoms with Crippen LogP contribution in [-0.4, -0.2) is 45.7 Å². The van der Waals surface area contributed by atoms with Gasteiger partial charge in [-0.25, -0.2) is 23.7 Å². The number of pyridine rings is 1. The minimum atomic E-state index is -4.98. The Morgan fingerprint density at radius 2 is 1.94 bits per heavy atom. The van der Waals surface area contributed by atoms with Gasteiger partial charge in [-0.3, -0.25) is 0 Å². The van der Waals surface area contributed by atoms with Gasteiger partial charge in [0, 0.05) is 24.2 Å². The molecule has 0 saturated carbocycles. The molecule has 4 atom stereocenters. The summed E-state index contributed by atoms with van der Waals surface area (Å²) in [5.41, 5.74) is 1.44. The summed E-state index contributed by atoms with van der Waals surface area (Å²) in [4.78, 5) is 14.7. The molecule has 12 heteroatoms. The fourth-order valence-electron chi connectivity index (χ4n) is 5.81. The number of aromatic nitrogens is 3. The number of hydrogen-bond donors (Lipinski definition) is 2. The predicted octanol–water partition coefficient (Wildman–Crippen LogP) is 3.97. The van der Waals surface area contributed by atoms with E-state index in [1.807, 2.05) is 6.92 Å². The first kappa shape index (κ1) is 22.2.